The lowest BCUT2D eigenvalue weighted by Gasteiger charge is -2.06. The molecule has 4 nitrogen and oxygen atoms in total. The monoisotopic (exact) mass is 244 g/mol. The van der Waals surface area contributed by atoms with Crippen LogP contribution in [0.1, 0.15) is 17.0 Å². The smallest absolute Gasteiger partial charge is 0.157 e. The molecule has 0 aliphatic heterocycles. The molecule has 94 valence electrons. The topological polar surface area (TPSA) is 65.4 Å². The summed E-state index contributed by atoms with van der Waals surface area (Å²) in [5.41, 5.74) is 2.90. The molecule has 0 unspecified atom stereocenters. The predicted molar refractivity (Wildman–Crippen MR) is 69.3 cm³/mol. The van der Waals surface area contributed by atoms with Gasteiger partial charge in [-0.3, -0.25) is 4.98 Å². The molecule has 0 aliphatic carbocycles. The Labute approximate surface area is 106 Å². The molecule has 0 atom stereocenters. The van der Waals surface area contributed by atoms with Crippen LogP contribution in [0.2, 0.25) is 0 Å². The Morgan fingerprint density at radius 1 is 1.06 bits per heavy atom. The van der Waals surface area contributed by atoms with Gasteiger partial charge in [0.1, 0.15) is 0 Å². The number of phenols is 2. The number of aromatic hydroxyl groups is 2. The van der Waals surface area contributed by atoms with Gasteiger partial charge in [0, 0.05) is 18.8 Å². The Balaban J connectivity index is 1.90. The maximum atomic E-state index is 9.36. The van der Waals surface area contributed by atoms with Crippen LogP contribution in [0, 0.1) is 6.92 Å². The van der Waals surface area contributed by atoms with E-state index < -0.39 is 0 Å². The van der Waals surface area contributed by atoms with Crippen LogP contribution in [0.4, 0.5) is 0 Å². The molecule has 3 N–H and O–H groups in total. The van der Waals surface area contributed by atoms with E-state index in [1.807, 2.05) is 25.1 Å². The first-order valence-corrected chi connectivity index (χ1v) is 5.79. The van der Waals surface area contributed by atoms with Gasteiger partial charge in [0.05, 0.1) is 5.69 Å². The van der Waals surface area contributed by atoms with Crippen LogP contribution in [0.25, 0.3) is 0 Å². The van der Waals surface area contributed by atoms with Crippen LogP contribution in [0.5, 0.6) is 11.5 Å². The van der Waals surface area contributed by atoms with E-state index in [0.717, 1.165) is 17.0 Å². The van der Waals surface area contributed by atoms with Gasteiger partial charge in [-0.1, -0.05) is 12.1 Å². The highest BCUT2D eigenvalue weighted by atomic mass is 16.3. The summed E-state index contributed by atoms with van der Waals surface area (Å²) in [6, 6.07) is 10.7. The standard InChI is InChI=1S/C14H16N2O2/c1-10-3-2-4-12(16-10)9-15-8-11-5-6-13(17)14(18)7-11/h2-7,15,17-18H,8-9H2,1H3. The van der Waals surface area contributed by atoms with Crippen molar-refractivity contribution >= 4 is 0 Å². The SMILES string of the molecule is Cc1cccc(CNCc2ccc(O)c(O)c2)n1. The molecule has 0 spiro atoms. The number of nitrogens with zero attached hydrogens (tertiary/aromatic N) is 1. The lowest BCUT2D eigenvalue weighted by Crippen LogP contribution is -2.13. The summed E-state index contributed by atoms with van der Waals surface area (Å²) in [5.74, 6) is -0.193. The first-order valence-electron chi connectivity index (χ1n) is 5.79. The number of phenolic OH excluding ortho intramolecular Hbond substituents is 2. The minimum Gasteiger partial charge on any atom is -0.504 e. The molecule has 1 aromatic carbocycles. The van der Waals surface area contributed by atoms with Crippen LogP contribution in [0.15, 0.2) is 36.4 Å². The molecule has 0 saturated heterocycles. The quantitative estimate of drug-likeness (QED) is 0.720. The summed E-state index contributed by atoms with van der Waals surface area (Å²) in [4.78, 5) is 4.38. The number of pyridine rings is 1. The highest BCUT2D eigenvalue weighted by Gasteiger charge is 2.00. The van der Waals surface area contributed by atoms with E-state index in [2.05, 4.69) is 10.3 Å². The highest BCUT2D eigenvalue weighted by molar-refractivity contribution is 5.40. The molecule has 0 fully saturated rings. The van der Waals surface area contributed by atoms with Crippen molar-refractivity contribution in [3.8, 4) is 11.5 Å². The number of aromatic nitrogens is 1. The fourth-order valence-electron chi connectivity index (χ4n) is 1.71. The summed E-state index contributed by atoms with van der Waals surface area (Å²) in [5, 5.41) is 21.8. The first kappa shape index (κ1) is 12.4. The molecule has 2 rings (SSSR count). The molecule has 1 heterocycles. The van der Waals surface area contributed by atoms with Crippen molar-refractivity contribution in [1.29, 1.82) is 0 Å². The van der Waals surface area contributed by atoms with Crippen molar-refractivity contribution in [2.24, 2.45) is 0 Å². The summed E-state index contributed by atoms with van der Waals surface area (Å²) in [7, 11) is 0. The molecule has 0 bridgehead atoms. The minimum atomic E-state index is -0.0981. The lowest BCUT2D eigenvalue weighted by molar-refractivity contribution is 0.403. The average molecular weight is 244 g/mol. The minimum absolute atomic E-state index is 0.0945. The van der Waals surface area contributed by atoms with Gasteiger partial charge in [0.15, 0.2) is 11.5 Å². The lowest BCUT2D eigenvalue weighted by atomic mass is 10.2. The average Bonchev–Trinajstić information content (AvgIpc) is 2.34. The largest absolute Gasteiger partial charge is 0.504 e. The molecule has 0 saturated carbocycles. The van der Waals surface area contributed by atoms with Crippen LogP contribution in [-0.2, 0) is 13.1 Å². The van der Waals surface area contributed by atoms with Gasteiger partial charge in [0.2, 0.25) is 0 Å². The fraction of sp³-hybridized carbons (Fsp3) is 0.214. The second-order valence-corrected chi connectivity index (χ2v) is 4.20. The van der Waals surface area contributed by atoms with Crippen molar-refractivity contribution < 1.29 is 10.2 Å². The Hall–Kier alpha value is -2.07. The van der Waals surface area contributed by atoms with E-state index in [1.165, 1.54) is 6.07 Å². The number of rotatable bonds is 4. The number of hydrogen-bond donors (Lipinski definition) is 3. The Morgan fingerprint density at radius 3 is 2.61 bits per heavy atom. The molecule has 4 heteroatoms. The summed E-state index contributed by atoms with van der Waals surface area (Å²) in [6.07, 6.45) is 0. The van der Waals surface area contributed by atoms with Gasteiger partial charge in [-0.2, -0.15) is 0 Å². The van der Waals surface area contributed by atoms with Crippen LogP contribution >= 0.6 is 0 Å². The van der Waals surface area contributed by atoms with Crippen molar-refractivity contribution in [2.75, 3.05) is 0 Å². The zero-order valence-corrected chi connectivity index (χ0v) is 10.2. The third kappa shape index (κ3) is 3.21. The van der Waals surface area contributed by atoms with Crippen molar-refractivity contribution in [3.63, 3.8) is 0 Å². The maximum absolute atomic E-state index is 9.36. The van der Waals surface area contributed by atoms with E-state index in [1.54, 1.807) is 12.1 Å². The van der Waals surface area contributed by atoms with Gasteiger partial charge >= 0.3 is 0 Å². The molecule has 0 aliphatic rings. The van der Waals surface area contributed by atoms with E-state index in [4.69, 9.17) is 0 Å². The molecule has 2 aromatic rings. The molecular weight excluding hydrogens is 228 g/mol. The van der Waals surface area contributed by atoms with Gasteiger partial charge in [0.25, 0.3) is 0 Å². The summed E-state index contributed by atoms with van der Waals surface area (Å²) >= 11 is 0. The van der Waals surface area contributed by atoms with E-state index in [-0.39, 0.29) is 11.5 Å². The second-order valence-electron chi connectivity index (χ2n) is 4.20. The Bertz CT molecular complexity index is 541. The summed E-state index contributed by atoms with van der Waals surface area (Å²) < 4.78 is 0. The van der Waals surface area contributed by atoms with E-state index >= 15 is 0 Å². The van der Waals surface area contributed by atoms with Gasteiger partial charge in [-0.25, -0.2) is 0 Å². The predicted octanol–water partition coefficient (Wildman–Crippen LogP) is 2.09. The zero-order chi connectivity index (χ0) is 13.0. The Kier molecular flexibility index (Phi) is 3.79. The maximum Gasteiger partial charge on any atom is 0.157 e. The molecular formula is C14H16N2O2. The van der Waals surface area contributed by atoms with Crippen molar-refractivity contribution in [3.05, 3.63) is 53.3 Å². The third-order valence-electron chi connectivity index (χ3n) is 2.62. The highest BCUT2D eigenvalue weighted by Crippen LogP contribution is 2.24. The molecule has 1 aromatic heterocycles. The van der Waals surface area contributed by atoms with E-state index in [0.29, 0.717) is 13.1 Å². The molecule has 18 heavy (non-hydrogen) atoms. The normalized spacial score (nSPS) is 10.5. The van der Waals surface area contributed by atoms with Crippen LogP contribution in [0.3, 0.4) is 0 Å². The molecule has 0 radical (unpaired) electrons. The Morgan fingerprint density at radius 2 is 1.89 bits per heavy atom. The number of benzene rings is 1. The summed E-state index contributed by atoms with van der Waals surface area (Å²) in [6.45, 7) is 3.24. The second kappa shape index (κ2) is 5.51. The third-order valence-corrected chi connectivity index (χ3v) is 2.62. The van der Waals surface area contributed by atoms with Crippen molar-refractivity contribution in [1.82, 2.24) is 10.3 Å². The number of nitrogens with one attached hydrogen (secondary N) is 1. The van der Waals surface area contributed by atoms with Gasteiger partial charge in [-0.05, 0) is 36.8 Å². The fourth-order valence-corrected chi connectivity index (χ4v) is 1.71. The first-order chi connectivity index (χ1) is 8.65. The molecule has 0 amide bonds. The van der Waals surface area contributed by atoms with Crippen LogP contribution < -0.4 is 5.32 Å². The van der Waals surface area contributed by atoms with Gasteiger partial charge in [-0.15, -0.1) is 0 Å². The zero-order valence-electron chi connectivity index (χ0n) is 10.2. The van der Waals surface area contributed by atoms with Crippen molar-refractivity contribution in [2.45, 2.75) is 20.0 Å². The van der Waals surface area contributed by atoms with Crippen LogP contribution in [-0.4, -0.2) is 15.2 Å². The van der Waals surface area contributed by atoms with E-state index in [9.17, 15) is 10.2 Å². The van der Waals surface area contributed by atoms with Gasteiger partial charge < -0.3 is 15.5 Å². The number of aryl methyl sites for hydroxylation is 1. The number of hydrogen-bond acceptors (Lipinski definition) is 4.